The third kappa shape index (κ3) is 3.51. The highest BCUT2D eigenvalue weighted by Crippen LogP contribution is 2.35. The van der Waals surface area contributed by atoms with Gasteiger partial charge < -0.3 is 19.9 Å². The highest BCUT2D eigenvalue weighted by molar-refractivity contribution is 7.93. The molecule has 0 radical (unpaired) electrons. The molecule has 2 N–H and O–H groups in total. The first-order valence-corrected chi connectivity index (χ1v) is 9.91. The average Bonchev–Trinajstić information content (AvgIpc) is 2.63. The summed E-state index contributed by atoms with van der Waals surface area (Å²) in [4.78, 5) is 12.1. The molecule has 2 heterocycles. The normalized spacial score (nSPS) is 21.6. The molecule has 0 bridgehead atoms. The van der Waals surface area contributed by atoms with Crippen LogP contribution in [-0.2, 0) is 24.1 Å². The van der Waals surface area contributed by atoms with Crippen molar-refractivity contribution in [2.24, 2.45) is 5.73 Å². The smallest absolute Gasteiger partial charge is 0.239 e. The minimum atomic E-state index is -3.90. The van der Waals surface area contributed by atoms with Crippen molar-refractivity contribution in [2.75, 3.05) is 26.4 Å². The molecule has 2 aliphatic rings. The van der Waals surface area contributed by atoms with Crippen LogP contribution in [0.3, 0.4) is 0 Å². The minimum absolute atomic E-state index is 0.0728. The van der Waals surface area contributed by atoms with Crippen molar-refractivity contribution in [1.82, 2.24) is 0 Å². The number of hydrogen-bond donors (Lipinski definition) is 1. The van der Waals surface area contributed by atoms with Crippen LogP contribution in [0.15, 0.2) is 29.2 Å². The Kier molecular flexibility index (Phi) is 5.31. The number of amides is 1. The Hall–Kier alpha value is -1.64. The second kappa shape index (κ2) is 7.31. The summed E-state index contributed by atoms with van der Waals surface area (Å²) in [5.41, 5.74) is 5.47. The monoisotopic (exact) mass is 369 g/mol. The van der Waals surface area contributed by atoms with Crippen molar-refractivity contribution < 1.29 is 27.4 Å². The van der Waals surface area contributed by atoms with Gasteiger partial charge in [0, 0.05) is 26.1 Å². The van der Waals surface area contributed by atoms with Crippen molar-refractivity contribution in [3.05, 3.63) is 24.3 Å². The van der Waals surface area contributed by atoms with Crippen LogP contribution >= 0.6 is 0 Å². The molecule has 1 aromatic rings. The molecule has 0 saturated carbocycles. The van der Waals surface area contributed by atoms with Gasteiger partial charge in [0.1, 0.15) is 11.9 Å². The number of nitrogens with two attached hydrogens (primary N) is 1. The van der Waals surface area contributed by atoms with Crippen LogP contribution in [-0.4, -0.2) is 51.6 Å². The van der Waals surface area contributed by atoms with E-state index in [1.54, 1.807) is 12.1 Å². The Morgan fingerprint density at radius 2 is 1.60 bits per heavy atom. The summed E-state index contributed by atoms with van der Waals surface area (Å²) in [5, 5.41) is 0. The molecular weight excluding hydrogens is 346 g/mol. The van der Waals surface area contributed by atoms with Gasteiger partial charge in [0.25, 0.3) is 0 Å². The first-order chi connectivity index (χ1) is 12.0. The quantitative estimate of drug-likeness (QED) is 0.832. The van der Waals surface area contributed by atoms with E-state index in [1.165, 1.54) is 12.1 Å². The lowest BCUT2D eigenvalue weighted by Crippen LogP contribution is -2.53. The second-order valence-electron chi connectivity index (χ2n) is 6.38. The molecule has 2 saturated heterocycles. The van der Waals surface area contributed by atoms with Crippen LogP contribution in [0.2, 0.25) is 0 Å². The maximum atomic E-state index is 13.0. The maximum absolute atomic E-state index is 13.0. The lowest BCUT2D eigenvalue weighted by Gasteiger charge is -2.33. The summed E-state index contributed by atoms with van der Waals surface area (Å²) < 4.78 is 40.8. The van der Waals surface area contributed by atoms with Crippen LogP contribution in [0.1, 0.15) is 25.7 Å². The lowest BCUT2D eigenvalue weighted by molar-refractivity contribution is -0.122. The van der Waals surface area contributed by atoms with Crippen LogP contribution in [0.5, 0.6) is 5.75 Å². The van der Waals surface area contributed by atoms with Gasteiger partial charge in [-0.05, 0) is 37.1 Å². The molecule has 138 valence electrons. The number of hydrogen-bond acceptors (Lipinski definition) is 6. The number of rotatable bonds is 5. The van der Waals surface area contributed by atoms with Gasteiger partial charge in [-0.2, -0.15) is 0 Å². The second-order valence-corrected chi connectivity index (χ2v) is 8.64. The van der Waals surface area contributed by atoms with Gasteiger partial charge in [-0.1, -0.05) is 0 Å². The van der Waals surface area contributed by atoms with E-state index in [-0.39, 0.29) is 37.1 Å². The molecule has 0 aromatic heterocycles. The third-order valence-corrected chi connectivity index (χ3v) is 7.40. The van der Waals surface area contributed by atoms with E-state index in [0.29, 0.717) is 19.0 Å². The fraction of sp³-hybridized carbons (Fsp3) is 0.588. The summed E-state index contributed by atoms with van der Waals surface area (Å²) in [6, 6.07) is 6.20. The fourth-order valence-corrected chi connectivity index (χ4v) is 5.17. The molecule has 1 aromatic carbocycles. The number of ether oxygens (including phenoxy) is 3. The van der Waals surface area contributed by atoms with Crippen LogP contribution in [0.4, 0.5) is 0 Å². The molecule has 7 nitrogen and oxygen atoms in total. The minimum Gasteiger partial charge on any atom is -0.490 e. The number of carbonyl (C=O) groups excluding carboxylic acids is 1. The highest BCUT2D eigenvalue weighted by atomic mass is 32.2. The van der Waals surface area contributed by atoms with Gasteiger partial charge in [-0.3, -0.25) is 4.79 Å². The summed E-state index contributed by atoms with van der Waals surface area (Å²) in [7, 11) is -3.90. The van der Waals surface area contributed by atoms with Gasteiger partial charge in [0.05, 0.1) is 18.1 Å². The molecule has 0 spiro atoms. The predicted molar refractivity (Wildman–Crippen MR) is 90.1 cm³/mol. The maximum Gasteiger partial charge on any atom is 0.239 e. The molecule has 8 heteroatoms. The molecule has 25 heavy (non-hydrogen) atoms. The fourth-order valence-electron chi connectivity index (χ4n) is 3.26. The van der Waals surface area contributed by atoms with Gasteiger partial charge >= 0.3 is 0 Å². The van der Waals surface area contributed by atoms with Crippen molar-refractivity contribution >= 4 is 15.7 Å². The summed E-state index contributed by atoms with van der Waals surface area (Å²) in [6.07, 6.45) is 1.84. The van der Waals surface area contributed by atoms with Crippen molar-refractivity contribution in [3.8, 4) is 5.75 Å². The zero-order chi connectivity index (χ0) is 17.9. The zero-order valence-corrected chi connectivity index (χ0v) is 14.8. The summed E-state index contributed by atoms with van der Waals surface area (Å²) in [6.45, 7) is 1.74. The van der Waals surface area contributed by atoms with Crippen LogP contribution in [0, 0.1) is 0 Å². The summed E-state index contributed by atoms with van der Waals surface area (Å²) >= 11 is 0. The SMILES string of the molecule is NC(=O)C1(S(=O)(=O)c2ccc(OC3CCOCC3)cc2)CCOCC1. The largest absolute Gasteiger partial charge is 0.490 e. The van der Waals surface area contributed by atoms with E-state index in [2.05, 4.69) is 0 Å². The molecule has 3 rings (SSSR count). The van der Waals surface area contributed by atoms with Crippen molar-refractivity contribution in [1.29, 1.82) is 0 Å². The van der Waals surface area contributed by atoms with Crippen LogP contribution < -0.4 is 10.5 Å². The highest BCUT2D eigenvalue weighted by Gasteiger charge is 2.51. The van der Waals surface area contributed by atoms with Gasteiger partial charge in [0.2, 0.25) is 5.91 Å². The molecule has 1 amide bonds. The van der Waals surface area contributed by atoms with E-state index in [9.17, 15) is 13.2 Å². The Balaban J connectivity index is 1.81. The zero-order valence-electron chi connectivity index (χ0n) is 14.0. The number of primary amides is 1. The van der Waals surface area contributed by atoms with E-state index in [0.717, 1.165) is 12.8 Å². The standard InChI is InChI=1S/C17H23NO6S/c18-16(19)17(7-11-23-12-8-17)25(20,21)15-3-1-13(2-4-15)24-14-5-9-22-10-6-14/h1-4,14H,5-12H2,(H2,18,19). The van der Waals surface area contributed by atoms with Crippen molar-refractivity contribution in [3.63, 3.8) is 0 Å². The predicted octanol–water partition coefficient (Wildman–Crippen LogP) is 1.05. The van der Waals surface area contributed by atoms with Gasteiger partial charge in [0.15, 0.2) is 14.6 Å². The first-order valence-electron chi connectivity index (χ1n) is 8.42. The van der Waals surface area contributed by atoms with Gasteiger partial charge in [-0.15, -0.1) is 0 Å². The topological polar surface area (TPSA) is 105 Å². The van der Waals surface area contributed by atoms with E-state index in [4.69, 9.17) is 19.9 Å². The Labute approximate surface area is 147 Å². The molecule has 0 aliphatic carbocycles. The molecule has 0 unspecified atom stereocenters. The van der Waals surface area contributed by atoms with Gasteiger partial charge in [-0.25, -0.2) is 8.42 Å². The Morgan fingerprint density at radius 1 is 1.04 bits per heavy atom. The third-order valence-electron chi connectivity index (χ3n) is 4.87. The molecule has 2 aliphatic heterocycles. The molecule has 0 atom stereocenters. The number of carbonyl (C=O) groups is 1. The van der Waals surface area contributed by atoms with E-state index < -0.39 is 20.5 Å². The Bertz CT molecular complexity index is 703. The van der Waals surface area contributed by atoms with Crippen LogP contribution in [0.25, 0.3) is 0 Å². The first kappa shape index (κ1) is 18.2. The summed E-state index contributed by atoms with van der Waals surface area (Å²) in [5.74, 6) is -0.218. The molecular formula is C17H23NO6S. The Morgan fingerprint density at radius 3 is 2.16 bits per heavy atom. The lowest BCUT2D eigenvalue weighted by atomic mass is 9.98. The van der Waals surface area contributed by atoms with Crippen molar-refractivity contribution in [2.45, 2.75) is 41.4 Å². The average molecular weight is 369 g/mol. The number of sulfone groups is 1. The van der Waals surface area contributed by atoms with E-state index >= 15 is 0 Å². The number of benzene rings is 1. The molecule has 2 fully saturated rings. The van der Waals surface area contributed by atoms with E-state index in [1.807, 2.05) is 0 Å².